The lowest BCUT2D eigenvalue weighted by atomic mass is 10.1. The molecule has 128 valence electrons. The van der Waals surface area contributed by atoms with Gasteiger partial charge in [0.25, 0.3) is 5.91 Å². The molecule has 0 radical (unpaired) electrons. The minimum absolute atomic E-state index is 0.255. The molecule has 0 unspecified atom stereocenters. The lowest BCUT2D eigenvalue weighted by Gasteiger charge is -2.14. The molecule has 1 N–H and O–H groups in total. The zero-order chi connectivity index (χ0) is 17.7. The number of nitrogens with one attached hydrogen (secondary N) is 1. The Morgan fingerprint density at radius 2 is 1.83 bits per heavy atom. The second-order valence-electron chi connectivity index (χ2n) is 5.01. The van der Waals surface area contributed by atoms with Crippen LogP contribution >= 0.6 is 22.6 Å². The lowest BCUT2D eigenvalue weighted by Crippen LogP contribution is -2.16. The van der Waals surface area contributed by atoms with Crippen LogP contribution in [0.1, 0.15) is 29.3 Å². The number of ether oxygens (including phenoxy) is 1. The number of halogens is 4. The van der Waals surface area contributed by atoms with E-state index in [-0.39, 0.29) is 11.3 Å². The molecule has 2 aromatic rings. The van der Waals surface area contributed by atoms with Crippen LogP contribution in [0.25, 0.3) is 0 Å². The number of amides is 1. The third-order valence-electron chi connectivity index (χ3n) is 3.12. The molecule has 0 atom stereocenters. The second kappa shape index (κ2) is 7.87. The van der Waals surface area contributed by atoms with Crippen LogP contribution in [0.3, 0.4) is 0 Å². The molecule has 0 aromatic heterocycles. The van der Waals surface area contributed by atoms with Gasteiger partial charge in [0.05, 0.1) is 17.9 Å². The zero-order valence-electron chi connectivity index (χ0n) is 12.8. The Morgan fingerprint density at radius 1 is 1.17 bits per heavy atom. The summed E-state index contributed by atoms with van der Waals surface area (Å²) in [5.41, 5.74) is -0.879. The summed E-state index contributed by atoms with van der Waals surface area (Å²) in [6.07, 6.45) is -3.68. The number of benzene rings is 2. The Morgan fingerprint density at radius 3 is 2.42 bits per heavy atom. The van der Waals surface area contributed by atoms with E-state index in [1.807, 2.05) is 6.92 Å². The molecule has 7 heteroatoms. The number of anilines is 1. The maximum absolute atomic E-state index is 13.1. The first-order valence-electron chi connectivity index (χ1n) is 7.22. The fourth-order valence-corrected chi connectivity index (χ4v) is 2.47. The third-order valence-corrected chi connectivity index (χ3v) is 3.80. The predicted molar refractivity (Wildman–Crippen MR) is 94.3 cm³/mol. The van der Waals surface area contributed by atoms with Crippen LogP contribution in [0.4, 0.5) is 18.9 Å². The van der Waals surface area contributed by atoms with Crippen LogP contribution in [-0.4, -0.2) is 12.5 Å². The standard InChI is InChI=1S/C17H15F3INO2/c1-2-9-24-13-6-3-11(4-7-13)16(23)22-15-8-5-12(21)10-14(15)17(18,19)20/h3-8,10H,2,9H2,1H3,(H,22,23). The highest BCUT2D eigenvalue weighted by Gasteiger charge is 2.34. The molecule has 24 heavy (non-hydrogen) atoms. The van der Waals surface area contributed by atoms with Crippen molar-refractivity contribution in [2.24, 2.45) is 0 Å². The number of rotatable bonds is 5. The van der Waals surface area contributed by atoms with Crippen molar-refractivity contribution in [1.29, 1.82) is 0 Å². The van der Waals surface area contributed by atoms with E-state index in [0.29, 0.717) is 15.9 Å². The second-order valence-corrected chi connectivity index (χ2v) is 6.26. The van der Waals surface area contributed by atoms with Crippen molar-refractivity contribution < 1.29 is 22.7 Å². The van der Waals surface area contributed by atoms with E-state index in [9.17, 15) is 18.0 Å². The van der Waals surface area contributed by atoms with Gasteiger partial charge in [-0.2, -0.15) is 13.2 Å². The van der Waals surface area contributed by atoms with Crippen molar-refractivity contribution in [2.75, 3.05) is 11.9 Å². The maximum atomic E-state index is 13.1. The summed E-state index contributed by atoms with van der Waals surface area (Å²) in [5.74, 6) is 0.00222. The van der Waals surface area contributed by atoms with Gasteiger partial charge in [0.15, 0.2) is 0 Å². The Bertz CT molecular complexity index is 715. The largest absolute Gasteiger partial charge is 0.494 e. The Balaban J connectivity index is 2.18. The number of carbonyl (C=O) groups is 1. The molecule has 2 rings (SSSR count). The highest BCUT2D eigenvalue weighted by Crippen LogP contribution is 2.36. The Labute approximate surface area is 151 Å². The minimum Gasteiger partial charge on any atom is -0.494 e. The van der Waals surface area contributed by atoms with Crippen LogP contribution in [0.2, 0.25) is 0 Å². The summed E-state index contributed by atoms with van der Waals surface area (Å²) in [4.78, 5) is 12.2. The minimum atomic E-state index is -4.54. The topological polar surface area (TPSA) is 38.3 Å². The third kappa shape index (κ3) is 4.86. The summed E-state index contributed by atoms with van der Waals surface area (Å²) in [6, 6.07) is 10.0. The van der Waals surface area contributed by atoms with E-state index in [2.05, 4.69) is 5.32 Å². The van der Waals surface area contributed by atoms with Gasteiger partial charge in [-0.1, -0.05) is 6.92 Å². The maximum Gasteiger partial charge on any atom is 0.418 e. The van der Waals surface area contributed by atoms with Gasteiger partial charge in [0.2, 0.25) is 0 Å². The quantitative estimate of drug-likeness (QED) is 0.626. The van der Waals surface area contributed by atoms with Crippen LogP contribution in [-0.2, 0) is 6.18 Å². The van der Waals surface area contributed by atoms with Gasteiger partial charge >= 0.3 is 6.18 Å². The fourth-order valence-electron chi connectivity index (χ4n) is 1.98. The van der Waals surface area contributed by atoms with Gasteiger partial charge in [-0.05, 0) is 71.5 Å². The molecule has 0 heterocycles. The summed E-state index contributed by atoms with van der Waals surface area (Å²) in [7, 11) is 0. The van der Waals surface area contributed by atoms with E-state index in [0.717, 1.165) is 12.5 Å². The molecule has 3 nitrogen and oxygen atoms in total. The summed E-state index contributed by atoms with van der Waals surface area (Å²) < 4.78 is 45.1. The number of carbonyl (C=O) groups excluding carboxylic acids is 1. The Hall–Kier alpha value is -1.77. The van der Waals surface area contributed by atoms with E-state index >= 15 is 0 Å². The van der Waals surface area contributed by atoms with E-state index in [1.165, 1.54) is 24.3 Å². The molecule has 2 aromatic carbocycles. The van der Waals surface area contributed by atoms with Crippen molar-refractivity contribution in [3.05, 3.63) is 57.2 Å². The summed E-state index contributed by atoms with van der Waals surface area (Å²) in [6.45, 7) is 2.53. The number of alkyl halides is 3. The van der Waals surface area contributed by atoms with Crippen molar-refractivity contribution in [1.82, 2.24) is 0 Å². The van der Waals surface area contributed by atoms with Crippen molar-refractivity contribution >= 4 is 34.2 Å². The SMILES string of the molecule is CCCOc1ccc(C(=O)Nc2ccc(I)cc2C(F)(F)F)cc1. The van der Waals surface area contributed by atoms with Crippen molar-refractivity contribution in [3.63, 3.8) is 0 Å². The smallest absolute Gasteiger partial charge is 0.418 e. The molecule has 0 aliphatic carbocycles. The highest BCUT2D eigenvalue weighted by atomic mass is 127. The first-order valence-corrected chi connectivity index (χ1v) is 8.30. The monoisotopic (exact) mass is 449 g/mol. The number of hydrogen-bond donors (Lipinski definition) is 1. The molecule has 0 spiro atoms. The molecular weight excluding hydrogens is 434 g/mol. The first kappa shape index (κ1) is 18.6. The average molecular weight is 449 g/mol. The van der Waals surface area contributed by atoms with Crippen LogP contribution in [0, 0.1) is 3.57 Å². The van der Waals surface area contributed by atoms with Gasteiger partial charge in [0.1, 0.15) is 5.75 Å². The predicted octanol–water partition coefficient (Wildman–Crippen LogP) is 5.35. The van der Waals surface area contributed by atoms with Gasteiger partial charge in [-0.3, -0.25) is 4.79 Å². The van der Waals surface area contributed by atoms with Crippen molar-refractivity contribution in [3.8, 4) is 5.75 Å². The summed E-state index contributed by atoms with van der Waals surface area (Å²) >= 11 is 1.80. The highest BCUT2D eigenvalue weighted by molar-refractivity contribution is 14.1. The normalized spacial score (nSPS) is 11.2. The molecule has 0 fully saturated rings. The molecular formula is C17H15F3INO2. The first-order chi connectivity index (χ1) is 11.3. The molecule has 0 saturated heterocycles. The van der Waals surface area contributed by atoms with Gasteiger partial charge in [-0.15, -0.1) is 0 Å². The molecule has 0 aliphatic rings. The van der Waals surface area contributed by atoms with Crippen LogP contribution in [0.5, 0.6) is 5.75 Å². The van der Waals surface area contributed by atoms with E-state index in [1.54, 1.807) is 34.7 Å². The van der Waals surface area contributed by atoms with Crippen molar-refractivity contribution in [2.45, 2.75) is 19.5 Å². The molecule has 1 amide bonds. The molecule has 0 aliphatic heterocycles. The average Bonchev–Trinajstić information content (AvgIpc) is 2.54. The van der Waals surface area contributed by atoms with Gasteiger partial charge in [0, 0.05) is 9.13 Å². The van der Waals surface area contributed by atoms with E-state index in [4.69, 9.17) is 4.74 Å². The number of hydrogen-bond acceptors (Lipinski definition) is 2. The van der Waals surface area contributed by atoms with Gasteiger partial charge in [-0.25, -0.2) is 0 Å². The van der Waals surface area contributed by atoms with Gasteiger partial charge < -0.3 is 10.1 Å². The molecule has 0 saturated carbocycles. The summed E-state index contributed by atoms with van der Waals surface area (Å²) in [5, 5.41) is 2.32. The zero-order valence-corrected chi connectivity index (χ0v) is 14.9. The Kier molecular flexibility index (Phi) is 6.09. The van der Waals surface area contributed by atoms with Crippen LogP contribution in [0.15, 0.2) is 42.5 Å². The van der Waals surface area contributed by atoms with E-state index < -0.39 is 17.6 Å². The van der Waals surface area contributed by atoms with Crippen LogP contribution < -0.4 is 10.1 Å². The molecule has 0 bridgehead atoms. The fraction of sp³-hybridized carbons (Fsp3) is 0.235. The lowest BCUT2D eigenvalue weighted by molar-refractivity contribution is -0.137.